The number of carbonyl (C=O) groups excluding carboxylic acids is 2. The van der Waals surface area contributed by atoms with Gasteiger partial charge in [-0.1, -0.05) is 0 Å². The summed E-state index contributed by atoms with van der Waals surface area (Å²) in [7, 11) is 0. The third-order valence-electron chi connectivity index (χ3n) is 2.01. The number of ether oxygens (including phenoxy) is 1. The van der Waals surface area contributed by atoms with Crippen LogP contribution in [0.2, 0.25) is 0 Å². The molecule has 0 atom stereocenters. The first-order valence-electron chi connectivity index (χ1n) is 4.80. The zero-order valence-electron chi connectivity index (χ0n) is 8.36. The molecule has 1 amide bonds. The minimum absolute atomic E-state index is 0.145. The van der Waals surface area contributed by atoms with Crippen LogP contribution in [-0.2, 0) is 14.3 Å². The normalized spacial score (nSPS) is 16.5. The lowest BCUT2D eigenvalue weighted by atomic mass is 10.3. The van der Waals surface area contributed by atoms with Gasteiger partial charge in [0.05, 0.1) is 6.61 Å². The van der Waals surface area contributed by atoms with E-state index in [1.54, 1.807) is 11.8 Å². The van der Waals surface area contributed by atoms with Gasteiger partial charge in [-0.05, 0) is 6.92 Å². The largest absolute Gasteiger partial charge is 0.466 e. The lowest BCUT2D eigenvalue weighted by molar-refractivity contribution is -0.148. The molecule has 1 rings (SSSR count). The summed E-state index contributed by atoms with van der Waals surface area (Å²) in [4.78, 5) is 24.1. The molecule has 5 heteroatoms. The van der Waals surface area contributed by atoms with E-state index in [0.717, 1.165) is 0 Å². The highest BCUT2D eigenvalue weighted by molar-refractivity contribution is 5.94. The van der Waals surface area contributed by atoms with E-state index in [9.17, 15) is 9.59 Å². The first kappa shape index (κ1) is 11.0. The molecule has 0 saturated carbocycles. The van der Waals surface area contributed by atoms with Crippen LogP contribution in [0.1, 0.15) is 13.3 Å². The van der Waals surface area contributed by atoms with E-state index in [2.05, 4.69) is 5.32 Å². The Hall–Kier alpha value is -1.10. The van der Waals surface area contributed by atoms with E-state index in [-0.39, 0.29) is 12.3 Å². The van der Waals surface area contributed by atoms with E-state index in [1.165, 1.54) is 0 Å². The minimum Gasteiger partial charge on any atom is -0.466 e. The van der Waals surface area contributed by atoms with Crippen molar-refractivity contribution in [1.29, 1.82) is 0 Å². The molecule has 14 heavy (non-hydrogen) atoms. The summed E-state index contributed by atoms with van der Waals surface area (Å²) in [5.41, 5.74) is 0. The van der Waals surface area contributed by atoms with Crippen molar-refractivity contribution in [2.75, 3.05) is 32.8 Å². The van der Waals surface area contributed by atoms with Crippen molar-refractivity contribution in [2.45, 2.75) is 13.3 Å². The Kier molecular flexibility index (Phi) is 4.39. The van der Waals surface area contributed by atoms with E-state index in [4.69, 9.17) is 4.74 Å². The number of esters is 1. The third-order valence-corrected chi connectivity index (χ3v) is 2.01. The molecular weight excluding hydrogens is 184 g/mol. The zero-order chi connectivity index (χ0) is 10.4. The van der Waals surface area contributed by atoms with Gasteiger partial charge in [0.15, 0.2) is 0 Å². The molecule has 5 nitrogen and oxygen atoms in total. The predicted molar refractivity (Wildman–Crippen MR) is 49.7 cm³/mol. The van der Waals surface area contributed by atoms with Crippen molar-refractivity contribution in [3.63, 3.8) is 0 Å². The molecular formula is C9H15N2O3. The number of hydrogen-bond donors (Lipinski definition) is 0. The maximum Gasteiger partial charge on any atom is 0.315 e. The second-order valence-corrected chi connectivity index (χ2v) is 3.03. The molecule has 1 aliphatic heterocycles. The minimum atomic E-state index is -0.444. The summed E-state index contributed by atoms with van der Waals surface area (Å²) < 4.78 is 4.69. The smallest absolute Gasteiger partial charge is 0.315 e. The predicted octanol–water partition coefficient (Wildman–Crippen LogP) is -0.614. The third kappa shape index (κ3) is 3.33. The number of carbonyl (C=O) groups is 2. The molecule has 0 spiro atoms. The van der Waals surface area contributed by atoms with E-state index < -0.39 is 5.97 Å². The SMILES string of the molecule is CCOC(=O)CC(=O)N1CC[N]CC1. The molecule has 0 aromatic carbocycles. The standard InChI is InChI=1S/C9H15N2O3/c1-2-14-9(13)7-8(12)11-5-3-10-4-6-11/h2-7H2,1H3. The Bertz CT molecular complexity index is 212. The molecule has 0 aliphatic carbocycles. The fraction of sp³-hybridized carbons (Fsp3) is 0.778. The summed E-state index contributed by atoms with van der Waals surface area (Å²) >= 11 is 0. The number of hydrogen-bond acceptors (Lipinski definition) is 3. The van der Waals surface area contributed by atoms with Gasteiger partial charge in [-0.25, -0.2) is 5.32 Å². The van der Waals surface area contributed by atoms with Crippen LogP contribution in [0, 0.1) is 0 Å². The first-order chi connectivity index (χ1) is 6.74. The van der Waals surface area contributed by atoms with Crippen LogP contribution >= 0.6 is 0 Å². The van der Waals surface area contributed by atoms with Crippen LogP contribution in [-0.4, -0.2) is 49.6 Å². The number of nitrogens with zero attached hydrogens (tertiary/aromatic N) is 2. The van der Waals surface area contributed by atoms with Crippen LogP contribution in [0.15, 0.2) is 0 Å². The summed E-state index contributed by atoms with van der Waals surface area (Å²) in [6.07, 6.45) is -0.145. The molecule has 0 aromatic rings. The van der Waals surface area contributed by atoms with Gasteiger partial charge in [-0.2, -0.15) is 0 Å². The van der Waals surface area contributed by atoms with E-state index in [1.807, 2.05) is 0 Å². The molecule has 0 bridgehead atoms. The average molecular weight is 199 g/mol. The topological polar surface area (TPSA) is 60.7 Å². The Morgan fingerprint density at radius 3 is 2.57 bits per heavy atom. The fourth-order valence-electron chi connectivity index (χ4n) is 1.30. The van der Waals surface area contributed by atoms with Crippen LogP contribution in [0.25, 0.3) is 0 Å². The van der Waals surface area contributed by atoms with Crippen molar-refractivity contribution >= 4 is 11.9 Å². The highest BCUT2D eigenvalue weighted by atomic mass is 16.5. The van der Waals surface area contributed by atoms with Crippen LogP contribution < -0.4 is 5.32 Å². The lowest BCUT2D eigenvalue weighted by Gasteiger charge is -2.26. The van der Waals surface area contributed by atoms with Crippen LogP contribution in [0.5, 0.6) is 0 Å². The second kappa shape index (κ2) is 5.59. The van der Waals surface area contributed by atoms with Gasteiger partial charge in [0.2, 0.25) is 5.91 Å². The fourth-order valence-corrected chi connectivity index (χ4v) is 1.30. The maximum atomic E-state index is 11.5. The van der Waals surface area contributed by atoms with Gasteiger partial charge < -0.3 is 9.64 Å². The Morgan fingerprint density at radius 1 is 1.36 bits per heavy atom. The Balaban J connectivity index is 2.29. The van der Waals surface area contributed by atoms with E-state index >= 15 is 0 Å². The number of piperazine rings is 1. The monoisotopic (exact) mass is 199 g/mol. The molecule has 0 N–H and O–H groups in total. The highest BCUT2D eigenvalue weighted by Crippen LogP contribution is 1.99. The van der Waals surface area contributed by atoms with Crippen LogP contribution in [0.3, 0.4) is 0 Å². The Morgan fingerprint density at radius 2 is 2.00 bits per heavy atom. The molecule has 1 aliphatic rings. The van der Waals surface area contributed by atoms with Crippen molar-refractivity contribution < 1.29 is 14.3 Å². The van der Waals surface area contributed by atoms with Gasteiger partial charge in [0.25, 0.3) is 0 Å². The van der Waals surface area contributed by atoms with Crippen molar-refractivity contribution in [3.05, 3.63) is 0 Å². The van der Waals surface area contributed by atoms with Crippen molar-refractivity contribution in [3.8, 4) is 0 Å². The van der Waals surface area contributed by atoms with Gasteiger partial charge in [-0.3, -0.25) is 9.59 Å². The first-order valence-corrected chi connectivity index (χ1v) is 4.80. The van der Waals surface area contributed by atoms with Gasteiger partial charge in [-0.15, -0.1) is 0 Å². The van der Waals surface area contributed by atoms with Gasteiger partial charge in [0, 0.05) is 26.2 Å². The zero-order valence-corrected chi connectivity index (χ0v) is 8.36. The summed E-state index contributed by atoms with van der Waals surface area (Å²) in [5, 5.41) is 4.12. The molecule has 79 valence electrons. The van der Waals surface area contributed by atoms with Gasteiger partial charge >= 0.3 is 5.97 Å². The maximum absolute atomic E-state index is 11.5. The molecule has 1 saturated heterocycles. The molecule has 1 radical (unpaired) electrons. The molecule has 0 unspecified atom stereocenters. The second-order valence-electron chi connectivity index (χ2n) is 3.03. The summed E-state index contributed by atoms with van der Waals surface area (Å²) in [5.74, 6) is -0.599. The van der Waals surface area contributed by atoms with Crippen molar-refractivity contribution in [1.82, 2.24) is 10.2 Å². The summed E-state index contributed by atoms with van der Waals surface area (Å²) in [6, 6.07) is 0. The molecule has 0 aromatic heterocycles. The van der Waals surface area contributed by atoms with Crippen molar-refractivity contribution in [2.24, 2.45) is 0 Å². The van der Waals surface area contributed by atoms with E-state index in [0.29, 0.717) is 32.8 Å². The summed E-state index contributed by atoms with van der Waals surface area (Å²) in [6.45, 7) is 4.64. The molecule has 1 fully saturated rings. The number of rotatable bonds is 3. The van der Waals surface area contributed by atoms with Gasteiger partial charge in [0.1, 0.15) is 6.42 Å². The lowest BCUT2D eigenvalue weighted by Crippen LogP contribution is -2.44. The average Bonchev–Trinajstić information content (AvgIpc) is 2.19. The quantitative estimate of drug-likeness (QED) is 0.450. The van der Waals surface area contributed by atoms with Crippen LogP contribution in [0.4, 0.5) is 0 Å². The Labute approximate surface area is 83.4 Å². The number of amides is 1. The molecule has 1 heterocycles. The highest BCUT2D eigenvalue weighted by Gasteiger charge is 2.19.